The Morgan fingerprint density at radius 3 is 2.42 bits per heavy atom. The Hall–Kier alpha value is -3.45. The van der Waals surface area contributed by atoms with Crippen LogP contribution in [0.15, 0.2) is 57.5 Å². The summed E-state index contributed by atoms with van der Waals surface area (Å²) in [4.78, 5) is 14.7. The first-order chi connectivity index (χ1) is 15.6. The average Bonchev–Trinajstić information content (AvgIpc) is 3.39. The molecule has 0 saturated carbocycles. The molecule has 0 aliphatic carbocycles. The lowest BCUT2D eigenvalue weighted by Crippen LogP contribution is -2.27. The van der Waals surface area contributed by atoms with Crippen LogP contribution in [0, 0.1) is 6.92 Å². The third kappa shape index (κ3) is 4.68. The van der Waals surface area contributed by atoms with Gasteiger partial charge >= 0.3 is 0 Å². The lowest BCUT2D eigenvalue weighted by molar-refractivity contribution is 0.0772. The van der Waals surface area contributed by atoms with Gasteiger partial charge in [-0.05, 0) is 36.1 Å². The van der Waals surface area contributed by atoms with E-state index in [-0.39, 0.29) is 17.9 Å². The number of hydrogen-bond acceptors (Lipinski definition) is 6. The first kappa shape index (κ1) is 22.7. The molecule has 2 aromatic heterocycles. The number of amides is 1. The van der Waals surface area contributed by atoms with Crippen LogP contribution in [0.25, 0.3) is 22.7 Å². The van der Waals surface area contributed by atoms with Gasteiger partial charge in [-0.25, -0.2) is 0 Å². The highest BCUT2D eigenvalue weighted by Crippen LogP contribution is 2.32. The van der Waals surface area contributed by atoms with Crippen molar-refractivity contribution < 1.29 is 13.7 Å². The fraction of sp³-hybridized carbons (Fsp3) is 0.280. The van der Waals surface area contributed by atoms with E-state index in [2.05, 4.69) is 48.3 Å². The van der Waals surface area contributed by atoms with Crippen molar-refractivity contribution in [3.05, 3.63) is 76.3 Å². The normalized spacial score (nSPS) is 11.6. The van der Waals surface area contributed by atoms with Crippen LogP contribution >= 0.6 is 11.6 Å². The van der Waals surface area contributed by atoms with Gasteiger partial charge in [0.1, 0.15) is 17.0 Å². The Morgan fingerprint density at radius 1 is 1.06 bits per heavy atom. The van der Waals surface area contributed by atoms with E-state index in [9.17, 15) is 4.79 Å². The molecule has 0 N–H and O–H groups in total. The smallest absolute Gasteiger partial charge is 0.259 e. The highest BCUT2D eigenvalue weighted by molar-refractivity contribution is 6.33. The third-order valence-corrected chi connectivity index (χ3v) is 5.72. The summed E-state index contributed by atoms with van der Waals surface area (Å²) >= 11 is 6.31. The summed E-state index contributed by atoms with van der Waals surface area (Å²) < 4.78 is 11.1. The van der Waals surface area contributed by atoms with Gasteiger partial charge in [0.2, 0.25) is 11.8 Å². The Kier molecular flexibility index (Phi) is 6.08. The van der Waals surface area contributed by atoms with E-state index in [1.165, 1.54) is 10.5 Å². The first-order valence-electron chi connectivity index (χ1n) is 10.5. The molecule has 4 aromatic rings. The summed E-state index contributed by atoms with van der Waals surface area (Å²) in [6.07, 6.45) is 0. The zero-order valence-electron chi connectivity index (χ0n) is 19.2. The van der Waals surface area contributed by atoms with Gasteiger partial charge in [0.25, 0.3) is 5.91 Å². The minimum atomic E-state index is -0.280. The summed E-state index contributed by atoms with van der Waals surface area (Å²) in [5.41, 5.74) is 3.49. The van der Waals surface area contributed by atoms with Crippen LogP contribution in [0.5, 0.6) is 0 Å². The quantitative estimate of drug-likeness (QED) is 0.364. The molecule has 4 rings (SSSR count). The van der Waals surface area contributed by atoms with E-state index in [0.29, 0.717) is 39.4 Å². The number of nitrogens with zero attached hydrogens (tertiary/aromatic N) is 4. The van der Waals surface area contributed by atoms with Crippen molar-refractivity contribution in [2.75, 3.05) is 7.05 Å². The molecule has 0 spiro atoms. The first-order valence-corrected chi connectivity index (χ1v) is 10.9. The number of hydrogen-bond donors (Lipinski definition) is 0. The molecule has 0 aliphatic rings. The predicted octanol–water partition coefficient (Wildman–Crippen LogP) is 5.92. The summed E-state index contributed by atoms with van der Waals surface area (Å²) in [5, 5.41) is 12.8. The molecule has 1 amide bonds. The maximum Gasteiger partial charge on any atom is 0.259 e. The van der Waals surface area contributed by atoms with E-state index in [1.807, 2.05) is 24.3 Å². The second kappa shape index (κ2) is 8.83. The molecule has 2 aromatic carbocycles. The molecule has 0 aliphatic heterocycles. The van der Waals surface area contributed by atoms with E-state index < -0.39 is 0 Å². The molecule has 0 atom stereocenters. The van der Waals surface area contributed by atoms with Crippen LogP contribution in [-0.2, 0) is 12.0 Å². The number of halogens is 1. The summed E-state index contributed by atoms with van der Waals surface area (Å²) in [5.74, 6) is 0.864. The molecular formula is C25H25ClN4O3. The topological polar surface area (TPSA) is 85.3 Å². The van der Waals surface area contributed by atoms with Crippen molar-refractivity contribution in [1.29, 1.82) is 0 Å². The second-order valence-electron chi connectivity index (χ2n) is 8.93. The summed E-state index contributed by atoms with van der Waals surface area (Å²) in [6.45, 7) is 8.31. The van der Waals surface area contributed by atoms with Crippen LogP contribution in [-0.4, -0.2) is 33.2 Å². The van der Waals surface area contributed by atoms with Crippen molar-refractivity contribution in [2.45, 2.75) is 39.7 Å². The minimum Gasteiger partial charge on any atom is -0.419 e. The van der Waals surface area contributed by atoms with Gasteiger partial charge < -0.3 is 13.8 Å². The van der Waals surface area contributed by atoms with E-state index in [0.717, 1.165) is 5.56 Å². The van der Waals surface area contributed by atoms with Crippen molar-refractivity contribution in [2.24, 2.45) is 0 Å². The molecule has 170 valence electrons. The Bertz CT molecular complexity index is 1290. The van der Waals surface area contributed by atoms with Crippen molar-refractivity contribution in [3.8, 4) is 22.7 Å². The molecule has 0 radical (unpaired) electrons. The largest absolute Gasteiger partial charge is 0.419 e. The van der Waals surface area contributed by atoms with E-state index in [4.69, 9.17) is 20.5 Å². The SMILES string of the molecule is Cc1onc(-c2ccccc2Cl)c1C(=O)N(C)Cc1nnc(-c2ccc(C(C)(C)C)cc2)o1. The van der Waals surface area contributed by atoms with E-state index >= 15 is 0 Å². The highest BCUT2D eigenvalue weighted by Gasteiger charge is 2.26. The molecule has 33 heavy (non-hydrogen) atoms. The third-order valence-electron chi connectivity index (χ3n) is 5.39. The van der Waals surface area contributed by atoms with Gasteiger partial charge in [0.05, 0.1) is 11.6 Å². The fourth-order valence-electron chi connectivity index (χ4n) is 3.47. The predicted molar refractivity (Wildman–Crippen MR) is 126 cm³/mol. The van der Waals surface area contributed by atoms with Crippen LogP contribution in [0.4, 0.5) is 0 Å². The molecule has 8 heteroatoms. The van der Waals surface area contributed by atoms with Crippen molar-refractivity contribution in [1.82, 2.24) is 20.3 Å². The molecule has 7 nitrogen and oxygen atoms in total. The monoisotopic (exact) mass is 464 g/mol. The lowest BCUT2D eigenvalue weighted by atomic mass is 9.87. The van der Waals surface area contributed by atoms with Gasteiger partial charge in [-0.15, -0.1) is 10.2 Å². The molecular weight excluding hydrogens is 440 g/mol. The lowest BCUT2D eigenvalue weighted by Gasteiger charge is -2.18. The van der Waals surface area contributed by atoms with Gasteiger partial charge in [0, 0.05) is 18.2 Å². The van der Waals surface area contributed by atoms with Gasteiger partial charge in [-0.2, -0.15) is 0 Å². The van der Waals surface area contributed by atoms with Crippen LogP contribution in [0.1, 0.15) is 48.3 Å². The number of rotatable bonds is 5. The number of aromatic nitrogens is 3. The maximum atomic E-state index is 13.2. The highest BCUT2D eigenvalue weighted by atomic mass is 35.5. The molecule has 0 bridgehead atoms. The zero-order valence-corrected chi connectivity index (χ0v) is 20.0. The Labute approximate surface area is 197 Å². The standard InChI is InChI=1S/C25H25ClN4O3/c1-15-21(22(29-33-15)18-8-6-7-9-19(18)26)24(31)30(5)14-20-27-28-23(32-20)16-10-12-17(13-11-16)25(2,3)4/h6-13H,14H2,1-5H3. The van der Waals surface area contributed by atoms with Crippen molar-refractivity contribution in [3.63, 3.8) is 0 Å². The molecule has 0 fully saturated rings. The number of aryl methyl sites for hydroxylation is 1. The Balaban J connectivity index is 1.53. The summed E-state index contributed by atoms with van der Waals surface area (Å²) in [6, 6.07) is 15.2. The second-order valence-corrected chi connectivity index (χ2v) is 9.34. The minimum absolute atomic E-state index is 0.0600. The molecule has 2 heterocycles. The zero-order chi connectivity index (χ0) is 23.8. The number of carbonyl (C=O) groups excluding carboxylic acids is 1. The van der Waals surface area contributed by atoms with Gasteiger partial charge in [-0.1, -0.05) is 67.9 Å². The van der Waals surface area contributed by atoms with Gasteiger partial charge in [-0.3, -0.25) is 4.79 Å². The van der Waals surface area contributed by atoms with Crippen LogP contribution in [0.3, 0.4) is 0 Å². The summed E-state index contributed by atoms with van der Waals surface area (Å²) in [7, 11) is 1.66. The molecule has 0 unspecified atom stereocenters. The maximum absolute atomic E-state index is 13.2. The average molecular weight is 465 g/mol. The molecule has 0 saturated heterocycles. The van der Waals surface area contributed by atoms with Crippen molar-refractivity contribution >= 4 is 17.5 Å². The van der Waals surface area contributed by atoms with Gasteiger partial charge in [0.15, 0.2) is 0 Å². The van der Waals surface area contributed by atoms with Crippen LogP contribution in [0.2, 0.25) is 5.02 Å². The van der Waals surface area contributed by atoms with Crippen LogP contribution < -0.4 is 0 Å². The number of carbonyl (C=O) groups is 1. The fourth-order valence-corrected chi connectivity index (χ4v) is 3.70. The number of benzene rings is 2. The van der Waals surface area contributed by atoms with E-state index in [1.54, 1.807) is 26.1 Å². The Morgan fingerprint density at radius 2 is 1.76 bits per heavy atom.